The van der Waals surface area contributed by atoms with Crippen molar-refractivity contribution in [2.75, 3.05) is 25.1 Å². The van der Waals surface area contributed by atoms with Gasteiger partial charge in [0.25, 0.3) is 5.92 Å². The topological polar surface area (TPSA) is 12.0 Å². The quantitative estimate of drug-likeness (QED) is 0.755. The molecule has 1 N–H and O–H groups in total. The highest BCUT2D eigenvalue weighted by atomic mass is 32.2. The first-order chi connectivity index (χ1) is 7.17. The molecular weight excluding hydrogens is 216 g/mol. The molecule has 84 valence electrons. The molecule has 0 aliphatic rings. The lowest BCUT2D eigenvalue weighted by Gasteiger charge is -2.17. The lowest BCUT2D eigenvalue weighted by Crippen LogP contribution is -2.32. The highest BCUT2D eigenvalue weighted by Crippen LogP contribution is 2.26. The van der Waals surface area contributed by atoms with E-state index in [1.807, 2.05) is 6.26 Å². The number of halogens is 2. The number of thioether (sulfide) groups is 1. The second-order valence-corrected chi connectivity index (χ2v) is 4.23. The minimum absolute atomic E-state index is 0.0710. The molecule has 0 unspecified atom stereocenters. The van der Waals surface area contributed by atoms with Crippen LogP contribution in [0.4, 0.5) is 8.78 Å². The fourth-order valence-corrected chi connectivity index (χ4v) is 1.55. The number of nitrogens with one attached hydrogen (secondary N) is 1. The van der Waals surface area contributed by atoms with Gasteiger partial charge in [-0.2, -0.15) is 20.5 Å². The first kappa shape index (κ1) is 12.5. The normalized spacial score (nSPS) is 11.7. The summed E-state index contributed by atoms with van der Waals surface area (Å²) in [7, 11) is 0. The Balaban J connectivity index is 2.45. The second-order valence-electron chi connectivity index (χ2n) is 3.24. The largest absolute Gasteiger partial charge is 0.310 e. The van der Waals surface area contributed by atoms with Gasteiger partial charge >= 0.3 is 0 Å². The zero-order valence-corrected chi connectivity index (χ0v) is 9.49. The Kier molecular flexibility index (Phi) is 5.05. The van der Waals surface area contributed by atoms with E-state index in [4.69, 9.17) is 0 Å². The molecule has 0 heterocycles. The van der Waals surface area contributed by atoms with Gasteiger partial charge < -0.3 is 5.32 Å². The Morgan fingerprint density at radius 3 is 2.53 bits per heavy atom. The summed E-state index contributed by atoms with van der Waals surface area (Å²) in [4.78, 5) is 0. The standard InChI is InChI=1S/C11H15F2NS/c1-15-8-7-14-9-11(12,13)10-5-3-2-4-6-10/h2-6,14H,7-9H2,1H3. The Morgan fingerprint density at radius 1 is 1.27 bits per heavy atom. The number of rotatable bonds is 6. The van der Waals surface area contributed by atoms with E-state index in [-0.39, 0.29) is 12.1 Å². The molecule has 0 spiro atoms. The predicted octanol–water partition coefficient (Wildman–Crippen LogP) is 2.73. The van der Waals surface area contributed by atoms with E-state index in [9.17, 15) is 8.78 Å². The fraction of sp³-hybridized carbons (Fsp3) is 0.455. The number of benzene rings is 1. The Hall–Kier alpha value is -0.610. The third kappa shape index (κ3) is 4.18. The van der Waals surface area contributed by atoms with Crippen LogP contribution in [0.1, 0.15) is 5.56 Å². The zero-order chi connectivity index (χ0) is 11.1. The van der Waals surface area contributed by atoms with E-state index in [1.165, 1.54) is 12.1 Å². The highest BCUT2D eigenvalue weighted by molar-refractivity contribution is 7.98. The number of hydrogen-bond acceptors (Lipinski definition) is 2. The third-order valence-electron chi connectivity index (χ3n) is 2.03. The van der Waals surface area contributed by atoms with Crippen LogP contribution in [0.5, 0.6) is 0 Å². The molecule has 0 bridgehead atoms. The molecule has 15 heavy (non-hydrogen) atoms. The minimum Gasteiger partial charge on any atom is -0.310 e. The van der Waals surface area contributed by atoms with Gasteiger partial charge in [-0.05, 0) is 6.26 Å². The van der Waals surface area contributed by atoms with Gasteiger partial charge in [-0.3, -0.25) is 0 Å². The summed E-state index contributed by atoms with van der Waals surface area (Å²) in [6, 6.07) is 7.91. The molecular formula is C11H15F2NS. The summed E-state index contributed by atoms with van der Waals surface area (Å²) in [6.07, 6.45) is 1.96. The van der Waals surface area contributed by atoms with E-state index >= 15 is 0 Å². The molecule has 4 heteroatoms. The summed E-state index contributed by atoms with van der Waals surface area (Å²) < 4.78 is 27.0. The monoisotopic (exact) mass is 231 g/mol. The van der Waals surface area contributed by atoms with Crippen LogP contribution in [0.2, 0.25) is 0 Å². The van der Waals surface area contributed by atoms with Crippen molar-refractivity contribution in [3.05, 3.63) is 35.9 Å². The molecule has 0 radical (unpaired) electrons. The molecule has 1 nitrogen and oxygen atoms in total. The van der Waals surface area contributed by atoms with Gasteiger partial charge in [-0.25, -0.2) is 0 Å². The van der Waals surface area contributed by atoms with Crippen LogP contribution in [0.3, 0.4) is 0 Å². The molecule has 0 atom stereocenters. The van der Waals surface area contributed by atoms with Crippen LogP contribution in [0.25, 0.3) is 0 Å². The zero-order valence-electron chi connectivity index (χ0n) is 8.67. The van der Waals surface area contributed by atoms with Crippen molar-refractivity contribution < 1.29 is 8.78 Å². The van der Waals surface area contributed by atoms with Crippen molar-refractivity contribution in [3.63, 3.8) is 0 Å². The SMILES string of the molecule is CSCCNCC(F)(F)c1ccccc1. The average molecular weight is 231 g/mol. The minimum atomic E-state index is -2.78. The summed E-state index contributed by atoms with van der Waals surface area (Å²) in [5.74, 6) is -1.93. The summed E-state index contributed by atoms with van der Waals surface area (Å²) in [6.45, 7) is 0.321. The van der Waals surface area contributed by atoms with Gasteiger partial charge in [0.05, 0.1) is 6.54 Å². The van der Waals surface area contributed by atoms with Crippen molar-refractivity contribution in [2.24, 2.45) is 0 Å². The fourth-order valence-electron chi connectivity index (χ4n) is 1.20. The molecule has 0 amide bonds. The van der Waals surface area contributed by atoms with E-state index in [0.29, 0.717) is 6.54 Å². The Labute approximate surface area is 93.3 Å². The molecule has 1 aromatic rings. The Bertz CT molecular complexity index is 277. The summed E-state index contributed by atoms with van der Waals surface area (Å²) in [5.41, 5.74) is 0.0710. The molecule has 1 rings (SSSR count). The molecule has 0 aliphatic heterocycles. The van der Waals surface area contributed by atoms with Crippen molar-refractivity contribution in [1.29, 1.82) is 0 Å². The van der Waals surface area contributed by atoms with Crippen LogP contribution < -0.4 is 5.32 Å². The van der Waals surface area contributed by atoms with E-state index in [0.717, 1.165) is 5.75 Å². The van der Waals surface area contributed by atoms with Crippen LogP contribution in [0, 0.1) is 0 Å². The molecule has 0 aliphatic carbocycles. The van der Waals surface area contributed by atoms with Gasteiger partial charge in [0.2, 0.25) is 0 Å². The van der Waals surface area contributed by atoms with E-state index < -0.39 is 5.92 Å². The van der Waals surface area contributed by atoms with Gasteiger partial charge in [0, 0.05) is 17.9 Å². The second kappa shape index (κ2) is 6.08. The van der Waals surface area contributed by atoms with Crippen molar-refractivity contribution >= 4 is 11.8 Å². The van der Waals surface area contributed by atoms with Gasteiger partial charge in [-0.1, -0.05) is 30.3 Å². The molecule has 0 saturated carbocycles. The maximum Gasteiger partial charge on any atom is 0.285 e. The van der Waals surface area contributed by atoms with Crippen LogP contribution >= 0.6 is 11.8 Å². The van der Waals surface area contributed by atoms with Crippen molar-refractivity contribution in [2.45, 2.75) is 5.92 Å². The molecule has 0 fully saturated rings. The lowest BCUT2D eigenvalue weighted by atomic mass is 10.1. The van der Waals surface area contributed by atoms with E-state index in [1.54, 1.807) is 30.0 Å². The van der Waals surface area contributed by atoms with Crippen molar-refractivity contribution in [1.82, 2.24) is 5.32 Å². The molecule has 1 aromatic carbocycles. The lowest BCUT2D eigenvalue weighted by molar-refractivity contribution is -0.00252. The summed E-state index contributed by atoms with van der Waals surface area (Å²) >= 11 is 1.64. The van der Waals surface area contributed by atoms with Crippen LogP contribution in [-0.2, 0) is 5.92 Å². The number of alkyl halides is 2. The first-order valence-electron chi connectivity index (χ1n) is 4.80. The van der Waals surface area contributed by atoms with Gasteiger partial charge in [0.15, 0.2) is 0 Å². The third-order valence-corrected chi connectivity index (χ3v) is 2.64. The summed E-state index contributed by atoms with van der Waals surface area (Å²) in [5, 5.41) is 2.75. The first-order valence-corrected chi connectivity index (χ1v) is 6.19. The number of hydrogen-bond donors (Lipinski definition) is 1. The van der Waals surface area contributed by atoms with Crippen LogP contribution in [-0.4, -0.2) is 25.1 Å². The Morgan fingerprint density at radius 2 is 1.93 bits per heavy atom. The molecule has 0 saturated heterocycles. The van der Waals surface area contributed by atoms with Crippen molar-refractivity contribution in [3.8, 4) is 0 Å². The van der Waals surface area contributed by atoms with Gasteiger partial charge in [0.1, 0.15) is 0 Å². The maximum atomic E-state index is 13.5. The predicted molar refractivity (Wildman–Crippen MR) is 61.6 cm³/mol. The van der Waals surface area contributed by atoms with Crippen LogP contribution in [0.15, 0.2) is 30.3 Å². The average Bonchev–Trinajstić information content (AvgIpc) is 2.26. The molecule has 0 aromatic heterocycles. The van der Waals surface area contributed by atoms with Gasteiger partial charge in [-0.15, -0.1) is 0 Å². The smallest absolute Gasteiger partial charge is 0.285 e. The maximum absolute atomic E-state index is 13.5. The highest BCUT2D eigenvalue weighted by Gasteiger charge is 2.30. The van der Waals surface area contributed by atoms with E-state index in [2.05, 4.69) is 5.32 Å².